The summed E-state index contributed by atoms with van der Waals surface area (Å²) in [5.74, 6) is -1.76. The van der Waals surface area contributed by atoms with Gasteiger partial charge in [-0.3, -0.25) is 4.79 Å². The Kier molecular flexibility index (Phi) is 3.88. The normalized spacial score (nSPS) is 14.4. The third-order valence-electron chi connectivity index (χ3n) is 4.32. The number of aromatic nitrogens is 3. The van der Waals surface area contributed by atoms with Crippen molar-refractivity contribution < 1.29 is 31.1 Å². The number of hydrogen-bond donors (Lipinski definition) is 1. The van der Waals surface area contributed by atoms with Crippen molar-refractivity contribution in [2.45, 2.75) is 25.2 Å². The molecular weight excluding hydrogens is 390 g/mol. The number of carbonyl (C=O) groups is 1. The van der Waals surface area contributed by atoms with Crippen molar-refractivity contribution >= 4 is 17.2 Å². The maximum atomic E-state index is 13.5. The number of nitrogens with zero attached hydrogens (tertiary/aromatic N) is 3. The van der Waals surface area contributed by atoms with Gasteiger partial charge in [-0.25, -0.2) is 9.50 Å². The second kappa shape index (κ2) is 5.94. The number of benzene rings is 1. The molecule has 0 spiro atoms. The van der Waals surface area contributed by atoms with Crippen LogP contribution in [0.3, 0.4) is 0 Å². The Hall–Kier alpha value is -3.11. The first kappa shape index (κ1) is 18.3. The van der Waals surface area contributed by atoms with Crippen LogP contribution in [0, 0.1) is 0 Å². The van der Waals surface area contributed by atoms with E-state index in [0.29, 0.717) is 27.4 Å². The van der Waals surface area contributed by atoms with E-state index in [1.165, 1.54) is 6.07 Å². The quantitative estimate of drug-likeness (QED) is 0.665. The molecular formula is C17H10F6N4O. The highest BCUT2D eigenvalue weighted by molar-refractivity contribution is 5.99. The highest BCUT2D eigenvalue weighted by atomic mass is 19.4. The largest absolute Gasteiger partial charge is 0.453 e. The topological polar surface area (TPSA) is 59.3 Å². The van der Waals surface area contributed by atoms with Crippen molar-refractivity contribution in [2.24, 2.45) is 0 Å². The van der Waals surface area contributed by atoms with Gasteiger partial charge < -0.3 is 5.32 Å². The average molecular weight is 400 g/mol. The van der Waals surface area contributed by atoms with Crippen molar-refractivity contribution in [3.63, 3.8) is 0 Å². The highest BCUT2D eigenvalue weighted by Crippen LogP contribution is 2.35. The number of hydrogen-bond acceptors (Lipinski definition) is 3. The van der Waals surface area contributed by atoms with Gasteiger partial charge in [-0.1, -0.05) is 12.1 Å². The number of carbonyl (C=O) groups excluding carboxylic acids is 1. The van der Waals surface area contributed by atoms with Crippen molar-refractivity contribution in [3.8, 4) is 0 Å². The molecule has 0 radical (unpaired) electrons. The summed E-state index contributed by atoms with van der Waals surface area (Å²) in [5.41, 5.74) is -0.342. The first-order valence-electron chi connectivity index (χ1n) is 7.97. The number of rotatable bonds is 2. The molecule has 1 aliphatic heterocycles. The lowest BCUT2D eigenvalue weighted by molar-refractivity contribution is -0.144. The molecule has 3 aromatic rings. The average Bonchev–Trinajstić information content (AvgIpc) is 3.15. The van der Waals surface area contributed by atoms with Gasteiger partial charge in [-0.15, -0.1) is 5.10 Å². The van der Waals surface area contributed by atoms with E-state index in [1.807, 2.05) is 0 Å². The van der Waals surface area contributed by atoms with E-state index < -0.39 is 29.4 Å². The fourth-order valence-electron chi connectivity index (χ4n) is 3.13. The molecule has 11 heteroatoms. The zero-order valence-electron chi connectivity index (χ0n) is 13.8. The summed E-state index contributed by atoms with van der Waals surface area (Å²) in [4.78, 5) is 14.7. The lowest BCUT2D eigenvalue weighted by atomic mass is 10.0. The van der Waals surface area contributed by atoms with Crippen LogP contribution in [0.5, 0.6) is 0 Å². The summed E-state index contributed by atoms with van der Waals surface area (Å²) < 4.78 is 79.6. The van der Waals surface area contributed by atoms with Crippen LogP contribution < -0.4 is 5.32 Å². The van der Waals surface area contributed by atoms with Gasteiger partial charge in [0.15, 0.2) is 5.65 Å². The molecule has 0 saturated carbocycles. The summed E-state index contributed by atoms with van der Waals surface area (Å²) in [6.07, 6.45) is -9.93. The molecule has 1 aliphatic rings. The summed E-state index contributed by atoms with van der Waals surface area (Å²) in [7, 11) is 0. The van der Waals surface area contributed by atoms with E-state index in [-0.39, 0.29) is 24.4 Å². The van der Waals surface area contributed by atoms with Crippen LogP contribution in [-0.2, 0) is 30.0 Å². The van der Waals surface area contributed by atoms with Crippen molar-refractivity contribution in [1.82, 2.24) is 14.6 Å². The molecule has 1 N–H and O–H groups in total. The third-order valence-corrected chi connectivity index (χ3v) is 4.32. The Morgan fingerprint density at radius 2 is 1.79 bits per heavy atom. The zero-order valence-corrected chi connectivity index (χ0v) is 13.8. The van der Waals surface area contributed by atoms with Crippen molar-refractivity contribution in [3.05, 3.63) is 58.5 Å². The van der Waals surface area contributed by atoms with Crippen molar-refractivity contribution in [2.75, 3.05) is 5.32 Å². The van der Waals surface area contributed by atoms with E-state index in [1.54, 1.807) is 12.1 Å². The minimum Gasteiger partial charge on any atom is -0.326 e. The number of pyridine rings is 1. The van der Waals surface area contributed by atoms with Crippen LogP contribution in [-0.4, -0.2) is 20.5 Å². The molecule has 4 rings (SSSR count). The Labute approximate surface area is 153 Å². The highest BCUT2D eigenvalue weighted by Gasteiger charge is 2.39. The maximum Gasteiger partial charge on any atom is 0.453 e. The number of anilines is 1. The first-order valence-corrected chi connectivity index (χ1v) is 7.97. The first-order chi connectivity index (χ1) is 13.0. The zero-order chi connectivity index (χ0) is 20.3. The fourth-order valence-corrected chi connectivity index (χ4v) is 3.13. The van der Waals surface area contributed by atoms with Gasteiger partial charge in [0.25, 0.3) is 5.82 Å². The summed E-state index contributed by atoms with van der Waals surface area (Å²) in [5, 5.41) is 5.86. The van der Waals surface area contributed by atoms with Crippen LogP contribution in [0.4, 0.5) is 32.0 Å². The van der Waals surface area contributed by atoms with Crippen LogP contribution in [0.2, 0.25) is 0 Å². The van der Waals surface area contributed by atoms with Gasteiger partial charge in [0.05, 0.1) is 17.7 Å². The standard InChI is InChI=1S/C17H10F6N4O/c18-16(19,20)10-2-4-13-25-15(17(21,22)23)26-27(13)12(10)6-8-1-3-11-9(5-8)7-14(28)24-11/h1-5H,6-7H2,(H,24,28). The Morgan fingerprint density at radius 1 is 1.04 bits per heavy atom. The van der Waals surface area contributed by atoms with E-state index in [4.69, 9.17) is 0 Å². The SMILES string of the molecule is O=C1Cc2cc(Cc3c(C(F)(F)F)ccc4nc(C(F)(F)F)nn34)ccc2N1. The molecule has 0 aliphatic carbocycles. The molecule has 2 aromatic heterocycles. The molecule has 146 valence electrons. The lowest BCUT2D eigenvalue weighted by Gasteiger charge is -2.14. The number of amides is 1. The minimum absolute atomic E-state index is 0.0844. The van der Waals surface area contributed by atoms with Gasteiger partial charge in [0, 0.05) is 12.1 Å². The molecule has 0 bridgehead atoms. The lowest BCUT2D eigenvalue weighted by Crippen LogP contribution is -2.14. The summed E-state index contributed by atoms with van der Waals surface area (Å²) in [6, 6.07) is 6.14. The predicted molar refractivity (Wildman–Crippen MR) is 84.6 cm³/mol. The monoisotopic (exact) mass is 400 g/mol. The second-order valence-electron chi connectivity index (χ2n) is 6.29. The van der Waals surface area contributed by atoms with E-state index in [0.717, 1.165) is 6.07 Å². The van der Waals surface area contributed by atoms with Gasteiger partial charge in [-0.05, 0) is 29.3 Å². The Balaban J connectivity index is 1.85. The third kappa shape index (κ3) is 3.16. The van der Waals surface area contributed by atoms with Gasteiger partial charge in [0.2, 0.25) is 5.91 Å². The van der Waals surface area contributed by atoms with E-state index in [2.05, 4.69) is 15.4 Å². The molecule has 0 saturated heterocycles. The summed E-state index contributed by atoms with van der Waals surface area (Å²) >= 11 is 0. The minimum atomic E-state index is -4.89. The Bertz CT molecular complexity index is 1100. The van der Waals surface area contributed by atoms with Crippen LogP contribution in [0.1, 0.15) is 28.2 Å². The fraction of sp³-hybridized carbons (Fsp3) is 0.235. The van der Waals surface area contributed by atoms with Gasteiger partial charge >= 0.3 is 12.4 Å². The predicted octanol–water partition coefficient (Wildman–Crippen LogP) is 3.85. The summed E-state index contributed by atoms with van der Waals surface area (Å²) in [6.45, 7) is 0. The second-order valence-corrected chi connectivity index (χ2v) is 6.29. The molecule has 1 aromatic carbocycles. The van der Waals surface area contributed by atoms with Crippen molar-refractivity contribution in [1.29, 1.82) is 0 Å². The number of halogens is 6. The maximum absolute atomic E-state index is 13.5. The number of nitrogens with one attached hydrogen (secondary N) is 1. The molecule has 0 fully saturated rings. The van der Waals surface area contributed by atoms with E-state index >= 15 is 0 Å². The van der Waals surface area contributed by atoms with Crippen LogP contribution >= 0.6 is 0 Å². The number of fused-ring (bicyclic) bond motifs is 2. The molecule has 5 nitrogen and oxygen atoms in total. The van der Waals surface area contributed by atoms with Crippen LogP contribution in [0.25, 0.3) is 5.65 Å². The van der Waals surface area contributed by atoms with E-state index in [9.17, 15) is 31.1 Å². The Morgan fingerprint density at radius 3 is 2.46 bits per heavy atom. The van der Waals surface area contributed by atoms with Gasteiger partial charge in [-0.2, -0.15) is 26.3 Å². The van der Waals surface area contributed by atoms with Crippen LogP contribution in [0.15, 0.2) is 30.3 Å². The molecule has 0 atom stereocenters. The smallest absolute Gasteiger partial charge is 0.326 e. The molecule has 28 heavy (non-hydrogen) atoms. The molecule has 0 unspecified atom stereocenters. The number of alkyl halides is 6. The van der Waals surface area contributed by atoms with Gasteiger partial charge in [0.1, 0.15) is 0 Å². The molecule has 1 amide bonds. The molecule has 3 heterocycles.